The molecular formula is C23H33NO7. The van der Waals surface area contributed by atoms with Gasteiger partial charge in [-0.05, 0) is 67.8 Å². The second-order valence-electron chi connectivity index (χ2n) is 8.91. The Bertz CT molecular complexity index is 830. The lowest BCUT2D eigenvalue weighted by Gasteiger charge is -2.54. The topological polar surface area (TPSA) is 139 Å². The number of phenolic OH excluding ortho intramolecular Hbond substituents is 1. The third-order valence-corrected chi connectivity index (χ3v) is 6.65. The lowest BCUT2D eigenvalue weighted by atomic mass is 9.59. The highest BCUT2D eigenvalue weighted by atomic mass is 16.4. The molecular weight excluding hydrogens is 402 g/mol. The first-order valence-corrected chi connectivity index (χ1v) is 10.4. The average molecular weight is 436 g/mol. The van der Waals surface area contributed by atoms with E-state index < -0.39 is 24.1 Å². The van der Waals surface area contributed by atoms with Crippen molar-refractivity contribution in [2.45, 2.75) is 64.2 Å². The number of hydrogen-bond donors (Lipinski definition) is 5. The van der Waals surface area contributed by atoms with Crippen molar-refractivity contribution in [1.82, 2.24) is 4.90 Å². The molecule has 0 radical (unpaired) electrons. The predicted molar refractivity (Wildman–Crippen MR) is 115 cm³/mol. The molecule has 0 spiro atoms. The summed E-state index contributed by atoms with van der Waals surface area (Å²) < 4.78 is 0. The number of aliphatic hydroxyl groups excluding tert-OH is 2. The van der Waals surface area contributed by atoms with Crippen LogP contribution in [0.25, 0.3) is 0 Å². The van der Waals surface area contributed by atoms with Crippen LogP contribution in [0.4, 0.5) is 0 Å². The van der Waals surface area contributed by atoms with Gasteiger partial charge in [-0.3, -0.25) is 4.90 Å². The van der Waals surface area contributed by atoms with Crippen molar-refractivity contribution >= 4 is 11.9 Å². The lowest BCUT2D eigenvalue weighted by molar-refractivity contribution is -0.165. The Morgan fingerprint density at radius 2 is 1.77 bits per heavy atom. The quantitative estimate of drug-likeness (QED) is 0.441. The van der Waals surface area contributed by atoms with Crippen LogP contribution in [0.15, 0.2) is 29.8 Å². The fourth-order valence-corrected chi connectivity index (χ4v) is 4.49. The van der Waals surface area contributed by atoms with Crippen molar-refractivity contribution < 1.29 is 35.1 Å². The molecule has 5 atom stereocenters. The molecule has 5 N–H and O–H groups in total. The molecule has 1 aromatic rings. The van der Waals surface area contributed by atoms with E-state index in [4.69, 9.17) is 20.4 Å². The van der Waals surface area contributed by atoms with Crippen LogP contribution in [0, 0.1) is 5.92 Å². The molecule has 8 nitrogen and oxygen atoms in total. The maximum atomic E-state index is 9.87. The van der Waals surface area contributed by atoms with E-state index in [1.807, 2.05) is 12.1 Å². The van der Waals surface area contributed by atoms with E-state index in [1.165, 1.54) is 23.1 Å². The average Bonchev–Trinajstić information content (AvgIpc) is 2.69. The molecule has 0 amide bonds. The molecule has 1 fully saturated rings. The monoisotopic (exact) mass is 435 g/mol. The Labute approximate surface area is 182 Å². The van der Waals surface area contributed by atoms with Gasteiger partial charge in [0.1, 0.15) is 5.75 Å². The summed E-state index contributed by atoms with van der Waals surface area (Å²) >= 11 is 0. The van der Waals surface area contributed by atoms with Crippen molar-refractivity contribution in [3.05, 3.63) is 41.0 Å². The molecule has 1 heterocycles. The van der Waals surface area contributed by atoms with Crippen LogP contribution in [0.3, 0.4) is 0 Å². The molecule has 0 aromatic heterocycles. The number of fused-ring (bicyclic) bond motifs is 4. The molecule has 31 heavy (non-hydrogen) atoms. The minimum Gasteiger partial charge on any atom is -0.508 e. The van der Waals surface area contributed by atoms with E-state index >= 15 is 0 Å². The molecule has 8 heteroatoms. The number of aliphatic carboxylic acids is 2. The highest BCUT2D eigenvalue weighted by Crippen LogP contribution is 2.49. The van der Waals surface area contributed by atoms with E-state index in [9.17, 15) is 14.7 Å². The van der Waals surface area contributed by atoms with Crippen LogP contribution in [0.1, 0.15) is 45.2 Å². The zero-order valence-electron chi connectivity index (χ0n) is 18.4. The summed E-state index contributed by atoms with van der Waals surface area (Å²) in [4.78, 5) is 22.2. The summed E-state index contributed by atoms with van der Waals surface area (Å²) in [6.45, 7) is 11.4. The smallest absolute Gasteiger partial charge is 0.335 e. The molecule has 1 aliphatic carbocycles. The number of hydrogen-bond acceptors (Lipinski definition) is 6. The Hall–Kier alpha value is -2.42. The van der Waals surface area contributed by atoms with E-state index in [0.29, 0.717) is 17.7 Å². The van der Waals surface area contributed by atoms with E-state index in [1.54, 1.807) is 0 Å². The molecule has 3 rings (SSSR count). The van der Waals surface area contributed by atoms with Gasteiger partial charge in [0.15, 0.2) is 12.2 Å². The zero-order chi connectivity index (χ0) is 23.5. The lowest BCUT2D eigenvalue weighted by Crippen LogP contribution is -2.57. The number of piperidine rings is 1. The Morgan fingerprint density at radius 1 is 1.19 bits per heavy atom. The van der Waals surface area contributed by atoms with E-state index in [0.717, 1.165) is 19.5 Å². The summed E-state index contributed by atoms with van der Waals surface area (Å²) in [6, 6.07) is 6.60. The van der Waals surface area contributed by atoms with Crippen LogP contribution in [0.5, 0.6) is 5.75 Å². The number of rotatable bonds is 5. The van der Waals surface area contributed by atoms with Crippen molar-refractivity contribution in [2.75, 3.05) is 13.1 Å². The van der Waals surface area contributed by atoms with Crippen LogP contribution >= 0.6 is 0 Å². The summed E-state index contributed by atoms with van der Waals surface area (Å²) in [5, 5.41) is 42.4. The summed E-state index contributed by atoms with van der Waals surface area (Å²) in [6.07, 6.45) is 0.109. The van der Waals surface area contributed by atoms with Crippen molar-refractivity contribution in [3.8, 4) is 5.75 Å². The third-order valence-electron chi connectivity index (χ3n) is 6.65. The van der Waals surface area contributed by atoms with Gasteiger partial charge in [-0.1, -0.05) is 31.6 Å². The number of benzene rings is 1. The van der Waals surface area contributed by atoms with Crippen molar-refractivity contribution in [2.24, 2.45) is 5.92 Å². The predicted octanol–water partition coefficient (Wildman–Crippen LogP) is 1.76. The molecule has 1 aliphatic heterocycles. The molecule has 1 aromatic carbocycles. The number of aliphatic hydroxyl groups is 2. The van der Waals surface area contributed by atoms with E-state index in [-0.39, 0.29) is 5.41 Å². The SMILES string of the molecule is CC(C)=CCN1CCC2(C)c3cc(O)ccc3CC1C2C.O=C(O)C(O)C(O)C(=O)O. The van der Waals surface area contributed by atoms with Gasteiger partial charge < -0.3 is 25.5 Å². The van der Waals surface area contributed by atoms with Crippen LogP contribution in [0.2, 0.25) is 0 Å². The molecule has 2 aliphatic rings. The van der Waals surface area contributed by atoms with E-state index in [2.05, 4.69) is 44.7 Å². The highest BCUT2D eigenvalue weighted by Gasteiger charge is 2.48. The minimum atomic E-state index is -2.27. The van der Waals surface area contributed by atoms with Crippen molar-refractivity contribution in [3.63, 3.8) is 0 Å². The normalized spacial score (nSPS) is 26.5. The molecule has 0 saturated carbocycles. The summed E-state index contributed by atoms with van der Waals surface area (Å²) in [7, 11) is 0. The zero-order valence-corrected chi connectivity index (χ0v) is 18.4. The number of nitrogens with zero attached hydrogens (tertiary/aromatic N) is 1. The number of allylic oxidation sites excluding steroid dienone is 1. The fourth-order valence-electron chi connectivity index (χ4n) is 4.49. The molecule has 5 unspecified atom stereocenters. The maximum Gasteiger partial charge on any atom is 0.335 e. The van der Waals surface area contributed by atoms with Gasteiger partial charge in [0.2, 0.25) is 0 Å². The molecule has 2 bridgehead atoms. The third kappa shape index (κ3) is 5.44. The van der Waals surface area contributed by atoms with Gasteiger partial charge >= 0.3 is 11.9 Å². The van der Waals surface area contributed by atoms with Gasteiger partial charge in [-0.25, -0.2) is 9.59 Å². The number of carboxylic acid groups (broad SMARTS) is 2. The highest BCUT2D eigenvalue weighted by molar-refractivity contribution is 5.83. The first-order valence-electron chi connectivity index (χ1n) is 10.4. The second-order valence-corrected chi connectivity index (χ2v) is 8.91. The first kappa shape index (κ1) is 24.8. The maximum absolute atomic E-state index is 9.87. The fraction of sp³-hybridized carbons (Fsp3) is 0.565. The standard InChI is InChI=1S/C19H27NO.C4H6O6/c1-13(2)7-9-20-10-8-19(4)14(3)18(20)11-15-5-6-16(21)12-17(15)19;5-1(3(7)8)2(6)4(9)10/h5-7,12,14,18,21H,8-11H2,1-4H3;1-2,5-6H,(H,7,8)(H,9,10). The Balaban J connectivity index is 0.000000291. The van der Waals surface area contributed by atoms with Crippen molar-refractivity contribution in [1.29, 1.82) is 0 Å². The summed E-state index contributed by atoms with van der Waals surface area (Å²) in [5.41, 5.74) is 4.42. The first-order chi connectivity index (χ1) is 14.4. The van der Waals surface area contributed by atoms with Gasteiger partial charge in [0, 0.05) is 12.6 Å². The van der Waals surface area contributed by atoms with Gasteiger partial charge in [0.05, 0.1) is 0 Å². The van der Waals surface area contributed by atoms with Crippen LogP contribution in [-0.2, 0) is 21.4 Å². The number of likely N-dealkylation sites (tertiary alicyclic amines) is 1. The van der Waals surface area contributed by atoms with Gasteiger partial charge in [0.25, 0.3) is 0 Å². The number of carbonyl (C=O) groups is 2. The van der Waals surface area contributed by atoms with Crippen LogP contribution in [-0.4, -0.2) is 73.7 Å². The number of aromatic hydroxyl groups is 1. The number of carboxylic acids is 2. The Kier molecular flexibility index (Phi) is 7.86. The number of phenols is 1. The summed E-state index contributed by atoms with van der Waals surface area (Å²) in [5.74, 6) is -2.50. The Morgan fingerprint density at radius 3 is 2.29 bits per heavy atom. The largest absolute Gasteiger partial charge is 0.508 e. The van der Waals surface area contributed by atoms with Gasteiger partial charge in [-0.2, -0.15) is 0 Å². The van der Waals surface area contributed by atoms with Crippen LogP contribution < -0.4 is 0 Å². The van der Waals surface area contributed by atoms with Gasteiger partial charge in [-0.15, -0.1) is 0 Å². The molecule has 172 valence electrons. The molecule has 1 saturated heterocycles. The minimum absolute atomic E-state index is 0.207. The second kappa shape index (κ2) is 9.80.